The molecule has 0 amide bonds. The van der Waals surface area contributed by atoms with Gasteiger partial charge < -0.3 is 0 Å². The number of hydrogen-bond acceptors (Lipinski definition) is 3. The molecule has 2 heterocycles. The van der Waals surface area contributed by atoms with Gasteiger partial charge in [0.25, 0.3) is 0 Å². The Morgan fingerprint density at radius 3 is 2.61 bits per heavy atom. The smallest absolute Gasteiger partial charge is 0.295 e. The van der Waals surface area contributed by atoms with Crippen molar-refractivity contribution in [2.45, 2.75) is 13.1 Å². The zero-order valence-electron chi connectivity index (χ0n) is 9.27. The summed E-state index contributed by atoms with van der Waals surface area (Å²) < 4.78 is 38.1. The molecule has 0 aliphatic carbocycles. The molecule has 0 unspecified atom stereocenters. The van der Waals surface area contributed by atoms with Gasteiger partial charge in [-0.2, -0.15) is 18.3 Å². The molecule has 0 atom stereocenters. The van der Waals surface area contributed by atoms with Crippen molar-refractivity contribution in [1.82, 2.24) is 14.8 Å². The highest BCUT2D eigenvalue weighted by molar-refractivity contribution is 5.94. The molecule has 4 nitrogen and oxygen atoms in total. The van der Waals surface area contributed by atoms with Crippen LogP contribution in [0.4, 0.5) is 13.2 Å². The second-order valence-corrected chi connectivity index (χ2v) is 3.60. The van der Waals surface area contributed by atoms with Gasteiger partial charge in [-0.05, 0) is 25.1 Å². The van der Waals surface area contributed by atoms with E-state index in [9.17, 15) is 18.0 Å². The lowest BCUT2D eigenvalue weighted by molar-refractivity contribution is -0.141. The van der Waals surface area contributed by atoms with Crippen LogP contribution < -0.4 is 0 Å². The molecule has 94 valence electrons. The Bertz CT molecular complexity index is 589. The van der Waals surface area contributed by atoms with Crippen molar-refractivity contribution in [3.8, 4) is 5.82 Å². The first-order chi connectivity index (χ1) is 8.38. The van der Waals surface area contributed by atoms with Crippen LogP contribution in [0.2, 0.25) is 0 Å². The molecule has 0 aromatic carbocycles. The van der Waals surface area contributed by atoms with E-state index in [1.165, 1.54) is 25.3 Å². The van der Waals surface area contributed by atoms with Crippen LogP contribution in [0.25, 0.3) is 5.82 Å². The maximum atomic E-state index is 12.4. The normalized spacial score (nSPS) is 11.6. The average molecular weight is 255 g/mol. The van der Waals surface area contributed by atoms with E-state index in [1.54, 1.807) is 0 Å². The van der Waals surface area contributed by atoms with Crippen molar-refractivity contribution in [2.75, 3.05) is 0 Å². The zero-order chi connectivity index (χ0) is 13.3. The lowest BCUT2D eigenvalue weighted by Crippen LogP contribution is -2.08. The Morgan fingerprint density at radius 1 is 1.33 bits per heavy atom. The van der Waals surface area contributed by atoms with Crippen LogP contribution in [0, 0.1) is 0 Å². The van der Waals surface area contributed by atoms with E-state index in [0.717, 1.165) is 16.9 Å². The predicted octanol–water partition coefficient (Wildman–Crippen LogP) is 2.49. The third-order valence-electron chi connectivity index (χ3n) is 2.27. The summed E-state index contributed by atoms with van der Waals surface area (Å²) in [6, 6.07) is 3.72. The standard InChI is InChI=1S/C11H8F3N3O/c1-7(18)8-2-4-15-10(6-8)17-5-3-9(16-17)11(12,13)14/h2-6H,1H3. The van der Waals surface area contributed by atoms with Crippen LogP contribution in [0.1, 0.15) is 23.0 Å². The second-order valence-electron chi connectivity index (χ2n) is 3.60. The fourth-order valence-electron chi connectivity index (χ4n) is 1.37. The summed E-state index contributed by atoms with van der Waals surface area (Å²) in [5.41, 5.74) is -0.637. The molecule has 2 aromatic heterocycles. The topological polar surface area (TPSA) is 47.8 Å². The van der Waals surface area contributed by atoms with Crippen LogP contribution in [0.15, 0.2) is 30.6 Å². The highest BCUT2D eigenvalue weighted by Gasteiger charge is 2.33. The van der Waals surface area contributed by atoms with E-state index >= 15 is 0 Å². The van der Waals surface area contributed by atoms with Crippen molar-refractivity contribution >= 4 is 5.78 Å². The molecule has 7 heteroatoms. The number of aromatic nitrogens is 3. The van der Waals surface area contributed by atoms with Gasteiger partial charge in [0.05, 0.1) is 0 Å². The monoisotopic (exact) mass is 255 g/mol. The van der Waals surface area contributed by atoms with E-state index in [2.05, 4.69) is 10.1 Å². The Hall–Kier alpha value is -2.18. The molecule has 0 aliphatic heterocycles. The first kappa shape index (κ1) is 12.3. The van der Waals surface area contributed by atoms with Crippen molar-refractivity contribution in [2.24, 2.45) is 0 Å². The molecule has 18 heavy (non-hydrogen) atoms. The Balaban J connectivity index is 2.40. The summed E-state index contributed by atoms with van der Waals surface area (Å²) in [6.45, 7) is 1.36. The van der Waals surface area contributed by atoms with Gasteiger partial charge in [0.15, 0.2) is 17.3 Å². The van der Waals surface area contributed by atoms with Crippen LogP contribution >= 0.6 is 0 Å². The first-order valence-electron chi connectivity index (χ1n) is 4.98. The Kier molecular flexibility index (Phi) is 2.90. The fourth-order valence-corrected chi connectivity index (χ4v) is 1.37. The summed E-state index contributed by atoms with van der Waals surface area (Å²) in [5.74, 6) is -0.0277. The summed E-state index contributed by atoms with van der Waals surface area (Å²) in [6.07, 6.45) is -2.00. The number of pyridine rings is 1. The number of carbonyl (C=O) groups excluding carboxylic acids is 1. The minimum Gasteiger partial charge on any atom is -0.295 e. The van der Waals surface area contributed by atoms with Gasteiger partial charge in [-0.3, -0.25) is 4.79 Å². The van der Waals surface area contributed by atoms with Gasteiger partial charge in [-0.15, -0.1) is 0 Å². The van der Waals surface area contributed by atoms with Crippen molar-refractivity contribution < 1.29 is 18.0 Å². The van der Waals surface area contributed by atoms with Gasteiger partial charge in [0, 0.05) is 18.0 Å². The summed E-state index contributed by atoms with van der Waals surface area (Å²) in [4.78, 5) is 15.0. The average Bonchev–Trinajstić information content (AvgIpc) is 2.78. The maximum absolute atomic E-state index is 12.4. The molecule has 0 N–H and O–H groups in total. The van der Waals surface area contributed by atoms with Crippen molar-refractivity contribution in [1.29, 1.82) is 0 Å². The minimum atomic E-state index is -4.50. The highest BCUT2D eigenvalue weighted by Crippen LogP contribution is 2.27. The Morgan fingerprint density at radius 2 is 2.06 bits per heavy atom. The third-order valence-corrected chi connectivity index (χ3v) is 2.27. The van der Waals surface area contributed by atoms with Crippen LogP contribution in [-0.2, 0) is 6.18 Å². The van der Waals surface area contributed by atoms with Gasteiger partial charge in [0.2, 0.25) is 0 Å². The number of halogens is 3. The molecule has 0 radical (unpaired) electrons. The molecule has 0 fully saturated rings. The number of ketones is 1. The van der Waals surface area contributed by atoms with E-state index in [0.29, 0.717) is 5.56 Å². The van der Waals surface area contributed by atoms with E-state index in [-0.39, 0.29) is 11.6 Å². The van der Waals surface area contributed by atoms with E-state index in [1.807, 2.05) is 0 Å². The Labute approximate surface area is 100 Å². The van der Waals surface area contributed by atoms with Gasteiger partial charge >= 0.3 is 6.18 Å². The first-order valence-corrected chi connectivity index (χ1v) is 4.98. The lowest BCUT2D eigenvalue weighted by Gasteiger charge is -2.03. The number of nitrogens with zero attached hydrogens (tertiary/aromatic N) is 3. The second kappa shape index (κ2) is 4.25. The number of carbonyl (C=O) groups is 1. The van der Waals surface area contributed by atoms with Gasteiger partial charge in [-0.25, -0.2) is 9.67 Å². The van der Waals surface area contributed by atoms with Crippen LogP contribution in [0.3, 0.4) is 0 Å². The molecule has 0 saturated heterocycles. The van der Waals surface area contributed by atoms with Crippen molar-refractivity contribution in [3.63, 3.8) is 0 Å². The maximum Gasteiger partial charge on any atom is 0.435 e. The number of Topliss-reactive ketones (excluding diaryl/α,β-unsaturated/α-hetero) is 1. The SMILES string of the molecule is CC(=O)c1ccnc(-n2ccc(C(F)(F)F)n2)c1. The summed E-state index contributed by atoms with van der Waals surface area (Å²) in [5, 5.41) is 3.37. The number of alkyl halides is 3. The highest BCUT2D eigenvalue weighted by atomic mass is 19.4. The lowest BCUT2D eigenvalue weighted by atomic mass is 10.2. The molecule has 2 rings (SSSR count). The quantitative estimate of drug-likeness (QED) is 0.774. The van der Waals surface area contributed by atoms with Crippen molar-refractivity contribution in [3.05, 3.63) is 41.9 Å². The number of hydrogen-bond donors (Lipinski definition) is 0. The molecular formula is C11H8F3N3O. The number of rotatable bonds is 2. The largest absolute Gasteiger partial charge is 0.435 e. The summed E-state index contributed by atoms with van der Waals surface area (Å²) >= 11 is 0. The van der Waals surface area contributed by atoms with Crippen LogP contribution in [-0.4, -0.2) is 20.5 Å². The molecule has 0 aliphatic rings. The molecule has 0 bridgehead atoms. The molecule has 0 spiro atoms. The zero-order valence-corrected chi connectivity index (χ0v) is 9.27. The minimum absolute atomic E-state index is 0.165. The van der Waals surface area contributed by atoms with Gasteiger partial charge in [-0.1, -0.05) is 0 Å². The molecule has 0 saturated carbocycles. The third kappa shape index (κ3) is 2.39. The molecular weight excluding hydrogens is 247 g/mol. The van der Waals surface area contributed by atoms with Gasteiger partial charge in [0.1, 0.15) is 0 Å². The van der Waals surface area contributed by atoms with Crippen LogP contribution in [0.5, 0.6) is 0 Å². The predicted molar refractivity (Wildman–Crippen MR) is 56.4 cm³/mol. The molecule has 2 aromatic rings. The fraction of sp³-hybridized carbons (Fsp3) is 0.182. The van der Waals surface area contributed by atoms with E-state index < -0.39 is 11.9 Å². The summed E-state index contributed by atoms with van der Waals surface area (Å²) in [7, 11) is 0. The van der Waals surface area contributed by atoms with E-state index in [4.69, 9.17) is 0 Å².